The van der Waals surface area contributed by atoms with Crippen molar-refractivity contribution in [2.45, 2.75) is 0 Å². The molecule has 24 heavy (non-hydrogen) atoms. The number of aromatic carboxylic acids is 1. The van der Waals surface area contributed by atoms with Crippen molar-refractivity contribution in [3.05, 3.63) is 68.3 Å². The largest absolute Gasteiger partial charge is 0.477 e. The van der Waals surface area contributed by atoms with E-state index in [1.165, 1.54) is 10.6 Å². The van der Waals surface area contributed by atoms with Gasteiger partial charge in [-0.2, -0.15) is 0 Å². The summed E-state index contributed by atoms with van der Waals surface area (Å²) in [7, 11) is 1.54. The molecular formula is C17H10BrF2NO3. The Bertz CT molecular complexity index is 1040. The fourth-order valence-corrected chi connectivity index (χ4v) is 3.08. The maximum absolute atomic E-state index is 13.6. The van der Waals surface area contributed by atoms with Crippen LogP contribution in [0.25, 0.3) is 22.2 Å². The molecule has 0 saturated carbocycles. The molecular weight excluding hydrogens is 384 g/mol. The number of fused-ring (bicyclic) bond motifs is 1. The number of pyridine rings is 1. The molecule has 7 heteroatoms. The summed E-state index contributed by atoms with van der Waals surface area (Å²) in [4.78, 5) is 24.2. The molecule has 1 aromatic heterocycles. The van der Waals surface area contributed by atoms with Crippen LogP contribution in [0.15, 0.2) is 45.7 Å². The number of aromatic nitrogens is 1. The third kappa shape index (κ3) is 2.60. The maximum Gasteiger partial charge on any atom is 0.341 e. The molecule has 0 unspecified atom stereocenters. The van der Waals surface area contributed by atoms with Gasteiger partial charge in [-0.3, -0.25) is 4.79 Å². The molecule has 0 spiro atoms. The lowest BCUT2D eigenvalue weighted by Crippen LogP contribution is -2.21. The first-order chi connectivity index (χ1) is 11.3. The lowest BCUT2D eigenvalue weighted by molar-refractivity contribution is 0.0696. The number of carboxylic acid groups (broad SMARTS) is 1. The molecule has 0 aliphatic carbocycles. The van der Waals surface area contributed by atoms with Crippen LogP contribution in [0.4, 0.5) is 8.78 Å². The van der Waals surface area contributed by atoms with Crippen LogP contribution in [-0.4, -0.2) is 15.6 Å². The molecule has 4 nitrogen and oxygen atoms in total. The Hall–Kier alpha value is -2.54. The molecule has 0 atom stereocenters. The summed E-state index contributed by atoms with van der Waals surface area (Å²) in [5.74, 6) is -3.17. The van der Waals surface area contributed by atoms with Gasteiger partial charge in [-0.25, -0.2) is 13.6 Å². The zero-order valence-electron chi connectivity index (χ0n) is 12.3. The van der Waals surface area contributed by atoms with E-state index in [4.69, 9.17) is 0 Å². The average molecular weight is 394 g/mol. The van der Waals surface area contributed by atoms with Gasteiger partial charge < -0.3 is 9.67 Å². The smallest absolute Gasteiger partial charge is 0.341 e. The molecule has 0 saturated heterocycles. The van der Waals surface area contributed by atoms with Gasteiger partial charge in [0.1, 0.15) is 17.2 Å². The third-order valence-electron chi connectivity index (χ3n) is 3.71. The Kier molecular flexibility index (Phi) is 3.96. The lowest BCUT2D eigenvalue weighted by atomic mass is 10.0. The molecule has 2 aromatic carbocycles. The molecule has 0 bridgehead atoms. The van der Waals surface area contributed by atoms with Gasteiger partial charge in [-0.05, 0) is 30.3 Å². The first kappa shape index (κ1) is 16.3. The van der Waals surface area contributed by atoms with Crippen molar-refractivity contribution in [2.24, 2.45) is 7.05 Å². The summed E-state index contributed by atoms with van der Waals surface area (Å²) in [6.07, 6.45) is 0. The SMILES string of the molecule is Cn1c(-c2cc(F)cc(F)c2)c(C(=O)O)c(=O)c2ccc(Br)cc21. The fourth-order valence-electron chi connectivity index (χ4n) is 2.73. The highest BCUT2D eigenvalue weighted by atomic mass is 79.9. The third-order valence-corrected chi connectivity index (χ3v) is 4.21. The van der Waals surface area contributed by atoms with Gasteiger partial charge in [-0.15, -0.1) is 0 Å². The number of rotatable bonds is 2. The van der Waals surface area contributed by atoms with Gasteiger partial charge in [0.25, 0.3) is 0 Å². The average Bonchev–Trinajstić information content (AvgIpc) is 2.49. The Morgan fingerprint density at radius 2 is 1.75 bits per heavy atom. The van der Waals surface area contributed by atoms with E-state index in [-0.39, 0.29) is 16.6 Å². The summed E-state index contributed by atoms with van der Waals surface area (Å²) in [6, 6.07) is 7.43. The van der Waals surface area contributed by atoms with E-state index < -0.39 is 28.6 Å². The monoisotopic (exact) mass is 393 g/mol. The van der Waals surface area contributed by atoms with Gasteiger partial charge in [0, 0.05) is 28.5 Å². The van der Waals surface area contributed by atoms with Crippen LogP contribution >= 0.6 is 15.9 Å². The van der Waals surface area contributed by atoms with Crippen LogP contribution in [-0.2, 0) is 7.05 Å². The number of hydrogen-bond donors (Lipinski definition) is 1. The predicted molar refractivity (Wildman–Crippen MR) is 89.2 cm³/mol. The summed E-state index contributed by atoms with van der Waals surface area (Å²) in [6.45, 7) is 0. The summed E-state index contributed by atoms with van der Waals surface area (Å²) in [5.41, 5.74) is -0.873. The van der Waals surface area contributed by atoms with E-state index in [0.29, 0.717) is 16.1 Å². The standard InChI is InChI=1S/C17H10BrF2NO3/c1-21-13-6-9(18)2-3-12(13)16(22)14(17(23)24)15(21)8-4-10(19)7-11(20)5-8/h2-7H,1H3,(H,23,24). The first-order valence-electron chi connectivity index (χ1n) is 6.81. The van der Waals surface area contributed by atoms with Gasteiger partial charge in [0.05, 0.1) is 11.2 Å². The molecule has 3 aromatic rings. The van der Waals surface area contributed by atoms with Crippen LogP contribution < -0.4 is 5.43 Å². The lowest BCUT2D eigenvalue weighted by Gasteiger charge is -2.16. The molecule has 0 aliphatic rings. The maximum atomic E-state index is 13.6. The van der Waals surface area contributed by atoms with Gasteiger partial charge in [0.15, 0.2) is 0 Å². The van der Waals surface area contributed by atoms with E-state index in [1.54, 1.807) is 19.2 Å². The quantitative estimate of drug-likeness (QED) is 0.717. The van der Waals surface area contributed by atoms with Gasteiger partial charge in [-0.1, -0.05) is 15.9 Å². The normalized spacial score (nSPS) is 11.0. The topological polar surface area (TPSA) is 59.3 Å². The number of carbonyl (C=O) groups is 1. The molecule has 0 aliphatic heterocycles. The van der Waals surface area contributed by atoms with Crippen molar-refractivity contribution in [1.82, 2.24) is 4.57 Å². The fraction of sp³-hybridized carbons (Fsp3) is 0.0588. The highest BCUT2D eigenvalue weighted by Crippen LogP contribution is 2.28. The minimum atomic E-state index is -1.46. The Morgan fingerprint density at radius 1 is 1.12 bits per heavy atom. The molecule has 0 amide bonds. The number of hydrogen-bond acceptors (Lipinski definition) is 2. The van der Waals surface area contributed by atoms with Crippen molar-refractivity contribution in [1.29, 1.82) is 0 Å². The molecule has 0 fully saturated rings. The highest BCUT2D eigenvalue weighted by molar-refractivity contribution is 9.10. The minimum Gasteiger partial charge on any atom is -0.477 e. The van der Waals surface area contributed by atoms with Crippen molar-refractivity contribution in [3.8, 4) is 11.3 Å². The van der Waals surface area contributed by atoms with Gasteiger partial charge >= 0.3 is 5.97 Å². The zero-order chi connectivity index (χ0) is 17.6. The molecule has 1 heterocycles. The van der Waals surface area contributed by atoms with Crippen LogP contribution in [0, 0.1) is 11.6 Å². The first-order valence-corrected chi connectivity index (χ1v) is 7.61. The molecule has 1 N–H and O–H groups in total. The number of benzene rings is 2. The van der Waals surface area contributed by atoms with E-state index in [1.807, 2.05) is 0 Å². The molecule has 122 valence electrons. The van der Waals surface area contributed by atoms with Crippen molar-refractivity contribution < 1.29 is 18.7 Å². The number of aryl methyl sites for hydroxylation is 1. The van der Waals surface area contributed by atoms with Crippen LogP contribution in [0.2, 0.25) is 0 Å². The second-order valence-electron chi connectivity index (χ2n) is 5.24. The number of halogens is 3. The van der Waals surface area contributed by atoms with E-state index in [2.05, 4.69) is 15.9 Å². The molecule has 3 rings (SSSR count). The van der Waals surface area contributed by atoms with Crippen LogP contribution in [0.3, 0.4) is 0 Å². The van der Waals surface area contributed by atoms with Crippen molar-refractivity contribution in [2.75, 3.05) is 0 Å². The number of carboxylic acids is 1. The Balaban J connectivity index is 2.54. The van der Waals surface area contributed by atoms with Gasteiger partial charge in [0.2, 0.25) is 5.43 Å². The predicted octanol–water partition coefficient (Wildman–Crippen LogP) is 3.94. The molecule has 0 radical (unpaired) electrons. The number of nitrogens with zero attached hydrogens (tertiary/aromatic N) is 1. The Morgan fingerprint density at radius 3 is 2.33 bits per heavy atom. The zero-order valence-corrected chi connectivity index (χ0v) is 13.9. The minimum absolute atomic E-state index is 0.0219. The van der Waals surface area contributed by atoms with Crippen molar-refractivity contribution in [3.63, 3.8) is 0 Å². The summed E-state index contributed by atoms with van der Waals surface area (Å²) in [5, 5.41) is 9.68. The Labute approximate surface area is 143 Å². The highest BCUT2D eigenvalue weighted by Gasteiger charge is 2.22. The van der Waals surface area contributed by atoms with E-state index in [9.17, 15) is 23.5 Å². The van der Waals surface area contributed by atoms with Crippen molar-refractivity contribution >= 4 is 32.8 Å². The summed E-state index contributed by atoms with van der Waals surface area (Å²) >= 11 is 3.29. The van der Waals surface area contributed by atoms with Crippen LogP contribution in [0.1, 0.15) is 10.4 Å². The summed E-state index contributed by atoms with van der Waals surface area (Å²) < 4.78 is 29.3. The second-order valence-corrected chi connectivity index (χ2v) is 6.15. The van der Waals surface area contributed by atoms with Crippen LogP contribution in [0.5, 0.6) is 0 Å². The second kappa shape index (κ2) is 5.83. The van der Waals surface area contributed by atoms with E-state index >= 15 is 0 Å². The van der Waals surface area contributed by atoms with E-state index in [0.717, 1.165) is 12.1 Å².